The minimum Gasteiger partial charge on any atom is -0.394 e. The summed E-state index contributed by atoms with van der Waals surface area (Å²) in [5.41, 5.74) is 10.3. The van der Waals surface area contributed by atoms with Crippen LogP contribution in [0.5, 0.6) is 0 Å². The number of hydrogen-bond donors (Lipinski definition) is 2. The van der Waals surface area contributed by atoms with Crippen LogP contribution >= 0.6 is 0 Å². The lowest BCUT2D eigenvalue weighted by molar-refractivity contribution is 0.268. The minimum absolute atomic E-state index is 0.0269. The summed E-state index contributed by atoms with van der Waals surface area (Å²) in [5, 5.41) is 9.00. The number of aliphatic hydroxyl groups is 1. The molecule has 0 aliphatic carbocycles. The number of nitrogens with zero attached hydrogens (tertiary/aromatic N) is 1. The van der Waals surface area contributed by atoms with Gasteiger partial charge < -0.3 is 15.4 Å². The number of hydrogen-bond acceptors (Lipinski definition) is 2. The van der Waals surface area contributed by atoms with Crippen molar-refractivity contribution in [2.45, 2.75) is 19.9 Å². The van der Waals surface area contributed by atoms with Gasteiger partial charge in [0.25, 0.3) is 0 Å². The molecule has 3 heteroatoms. The van der Waals surface area contributed by atoms with Crippen LogP contribution in [0.1, 0.15) is 23.0 Å². The number of aryl methyl sites for hydroxylation is 2. The Morgan fingerprint density at radius 3 is 2.06 bits per heavy atom. The molecule has 0 bridgehead atoms. The molecule has 1 atom stereocenters. The van der Waals surface area contributed by atoms with E-state index < -0.39 is 0 Å². The Balaban J connectivity index is 2.36. The van der Waals surface area contributed by atoms with E-state index in [-0.39, 0.29) is 12.6 Å². The van der Waals surface area contributed by atoms with Gasteiger partial charge in [-0.2, -0.15) is 0 Å². The lowest BCUT2D eigenvalue weighted by atomic mass is 10.1. The molecular formula is C14H18N2O. The van der Waals surface area contributed by atoms with Crippen molar-refractivity contribution in [2.75, 3.05) is 6.61 Å². The Bertz CT molecular complexity index is 480. The summed E-state index contributed by atoms with van der Waals surface area (Å²) in [4.78, 5) is 0. The highest BCUT2D eigenvalue weighted by Crippen LogP contribution is 2.18. The summed E-state index contributed by atoms with van der Waals surface area (Å²) in [6, 6.07) is 11.9. The molecule has 3 N–H and O–H groups in total. The smallest absolute Gasteiger partial charge is 0.0624 e. The lowest BCUT2D eigenvalue weighted by Crippen LogP contribution is -2.14. The maximum Gasteiger partial charge on any atom is 0.0624 e. The predicted molar refractivity (Wildman–Crippen MR) is 69.3 cm³/mol. The van der Waals surface area contributed by atoms with Gasteiger partial charge in [0.1, 0.15) is 0 Å². The van der Waals surface area contributed by atoms with Crippen LogP contribution in [0.4, 0.5) is 0 Å². The topological polar surface area (TPSA) is 51.2 Å². The fraction of sp³-hybridized carbons (Fsp3) is 0.286. The van der Waals surface area contributed by atoms with Crippen LogP contribution in [-0.4, -0.2) is 16.3 Å². The van der Waals surface area contributed by atoms with Gasteiger partial charge in [-0.1, -0.05) is 12.1 Å². The van der Waals surface area contributed by atoms with Gasteiger partial charge in [0, 0.05) is 17.1 Å². The third-order valence-electron chi connectivity index (χ3n) is 3.05. The highest BCUT2D eigenvalue weighted by molar-refractivity contribution is 5.40. The summed E-state index contributed by atoms with van der Waals surface area (Å²) in [5.74, 6) is 0. The maximum absolute atomic E-state index is 9.00. The average molecular weight is 230 g/mol. The second-order valence-electron chi connectivity index (χ2n) is 4.33. The van der Waals surface area contributed by atoms with Crippen molar-refractivity contribution in [3.05, 3.63) is 53.3 Å². The molecule has 3 nitrogen and oxygen atoms in total. The van der Waals surface area contributed by atoms with Crippen LogP contribution < -0.4 is 5.73 Å². The van der Waals surface area contributed by atoms with Gasteiger partial charge in [0.2, 0.25) is 0 Å². The fourth-order valence-corrected chi connectivity index (χ4v) is 2.05. The molecule has 0 radical (unpaired) electrons. The van der Waals surface area contributed by atoms with E-state index in [0.717, 1.165) is 11.3 Å². The van der Waals surface area contributed by atoms with E-state index in [1.54, 1.807) is 0 Å². The van der Waals surface area contributed by atoms with Crippen molar-refractivity contribution < 1.29 is 5.11 Å². The number of benzene rings is 1. The molecule has 90 valence electrons. The Labute approximate surface area is 102 Å². The predicted octanol–water partition coefficient (Wildman–Crippen LogP) is 2.09. The van der Waals surface area contributed by atoms with Crippen LogP contribution in [0.25, 0.3) is 5.69 Å². The molecule has 0 fully saturated rings. The van der Waals surface area contributed by atoms with Crippen molar-refractivity contribution in [3.8, 4) is 5.69 Å². The Kier molecular flexibility index (Phi) is 3.31. The van der Waals surface area contributed by atoms with Crippen molar-refractivity contribution in [2.24, 2.45) is 5.73 Å². The van der Waals surface area contributed by atoms with Gasteiger partial charge >= 0.3 is 0 Å². The van der Waals surface area contributed by atoms with E-state index >= 15 is 0 Å². The van der Waals surface area contributed by atoms with Crippen molar-refractivity contribution in [1.82, 2.24) is 4.57 Å². The molecule has 17 heavy (non-hydrogen) atoms. The Morgan fingerprint density at radius 1 is 1.06 bits per heavy atom. The van der Waals surface area contributed by atoms with Gasteiger partial charge in [0.05, 0.1) is 12.6 Å². The standard InChI is InChI=1S/C14H18N2O/c1-10-3-4-11(2)16(10)13-7-5-12(6-8-13)14(15)9-17/h3-8,14,17H,9,15H2,1-2H3. The average Bonchev–Trinajstić information content (AvgIpc) is 2.68. The van der Waals surface area contributed by atoms with Crippen molar-refractivity contribution in [3.63, 3.8) is 0 Å². The largest absolute Gasteiger partial charge is 0.394 e. The molecule has 0 aliphatic rings. The second-order valence-corrected chi connectivity index (χ2v) is 4.33. The van der Waals surface area contributed by atoms with E-state index in [1.807, 2.05) is 24.3 Å². The quantitative estimate of drug-likeness (QED) is 0.848. The van der Waals surface area contributed by atoms with Crippen LogP contribution in [0.3, 0.4) is 0 Å². The highest BCUT2D eigenvalue weighted by Gasteiger charge is 2.06. The lowest BCUT2D eigenvalue weighted by Gasteiger charge is -2.12. The van der Waals surface area contributed by atoms with Crippen molar-refractivity contribution >= 4 is 0 Å². The van der Waals surface area contributed by atoms with Crippen LogP contribution in [0.2, 0.25) is 0 Å². The summed E-state index contributed by atoms with van der Waals surface area (Å²) in [7, 11) is 0. The first-order chi connectivity index (χ1) is 8.13. The zero-order chi connectivity index (χ0) is 12.4. The number of aromatic nitrogens is 1. The molecular weight excluding hydrogens is 212 g/mol. The first kappa shape index (κ1) is 11.9. The van der Waals surface area contributed by atoms with E-state index in [9.17, 15) is 0 Å². The molecule has 0 aliphatic heterocycles. The molecule has 0 saturated carbocycles. The van der Waals surface area contributed by atoms with E-state index in [2.05, 4.69) is 30.5 Å². The number of rotatable bonds is 3. The van der Waals surface area contributed by atoms with Crippen LogP contribution in [-0.2, 0) is 0 Å². The third-order valence-corrected chi connectivity index (χ3v) is 3.05. The molecule has 0 saturated heterocycles. The Hall–Kier alpha value is -1.58. The normalized spacial score (nSPS) is 12.7. The van der Waals surface area contributed by atoms with E-state index in [4.69, 9.17) is 10.8 Å². The molecule has 1 aromatic carbocycles. The fourth-order valence-electron chi connectivity index (χ4n) is 2.05. The van der Waals surface area contributed by atoms with Gasteiger partial charge in [-0.3, -0.25) is 0 Å². The molecule has 2 aromatic rings. The SMILES string of the molecule is Cc1ccc(C)n1-c1ccc(C(N)CO)cc1. The summed E-state index contributed by atoms with van der Waals surface area (Å²) >= 11 is 0. The molecule has 0 spiro atoms. The van der Waals surface area contributed by atoms with Gasteiger partial charge in [-0.15, -0.1) is 0 Å². The number of nitrogens with two attached hydrogens (primary N) is 1. The monoisotopic (exact) mass is 230 g/mol. The minimum atomic E-state index is -0.295. The van der Waals surface area contributed by atoms with Crippen LogP contribution in [0, 0.1) is 13.8 Å². The Morgan fingerprint density at radius 2 is 1.59 bits per heavy atom. The molecule has 1 unspecified atom stereocenters. The second kappa shape index (κ2) is 4.73. The first-order valence-electron chi connectivity index (χ1n) is 5.75. The molecule has 1 heterocycles. The summed E-state index contributed by atoms with van der Waals surface area (Å²) in [6.07, 6.45) is 0. The maximum atomic E-state index is 9.00. The summed E-state index contributed by atoms with van der Waals surface area (Å²) < 4.78 is 2.19. The van der Waals surface area contributed by atoms with Gasteiger partial charge in [-0.25, -0.2) is 0 Å². The van der Waals surface area contributed by atoms with Crippen LogP contribution in [0.15, 0.2) is 36.4 Å². The zero-order valence-corrected chi connectivity index (χ0v) is 10.2. The van der Waals surface area contributed by atoms with E-state index in [1.165, 1.54) is 11.4 Å². The first-order valence-corrected chi connectivity index (χ1v) is 5.75. The zero-order valence-electron chi connectivity index (χ0n) is 10.2. The molecule has 1 aromatic heterocycles. The highest BCUT2D eigenvalue weighted by atomic mass is 16.3. The molecule has 0 amide bonds. The van der Waals surface area contributed by atoms with Gasteiger partial charge in [0.15, 0.2) is 0 Å². The molecule has 2 rings (SSSR count). The van der Waals surface area contributed by atoms with E-state index in [0.29, 0.717) is 0 Å². The number of aliphatic hydroxyl groups excluding tert-OH is 1. The summed E-state index contributed by atoms with van der Waals surface area (Å²) in [6.45, 7) is 4.14. The third kappa shape index (κ3) is 2.25. The van der Waals surface area contributed by atoms with Gasteiger partial charge in [-0.05, 0) is 43.7 Å². The van der Waals surface area contributed by atoms with Crippen molar-refractivity contribution in [1.29, 1.82) is 0 Å².